The van der Waals surface area contributed by atoms with Crippen molar-refractivity contribution in [3.63, 3.8) is 0 Å². The summed E-state index contributed by atoms with van der Waals surface area (Å²) in [6.45, 7) is 19.8. The Labute approximate surface area is 519 Å². The lowest BCUT2D eigenvalue weighted by atomic mass is 9.98. The molecule has 1 aliphatic heterocycles. The molecule has 0 spiro atoms. The normalized spacial score (nSPS) is 16.5. The molecule has 0 unspecified atom stereocenters. The topological polar surface area (TPSA) is 348 Å². The summed E-state index contributed by atoms with van der Waals surface area (Å²) in [7, 11) is 0. The van der Waals surface area contributed by atoms with Gasteiger partial charge in [0.15, 0.2) is 0 Å². The van der Waals surface area contributed by atoms with Gasteiger partial charge < -0.3 is 67.6 Å². The summed E-state index contributed by atoms with van der Waals surface area (Å²) in [5, 5.41) is 22.1. The monoisotopic (exact) mass is 1230 g/mol. The first-order chi connectivity index (χ1) is 41.9. The maximum atomic E-state index is 14.5. The highest BCUT2D eigenvalue weighted by Crippen LogP contribution is 2.44. The van der Waals surface area contributed by atoms with E-state index in [1.165, 1.54) is 25.7 Å². The summed E-state index contributed by atoms with van der Waals surface area (Å²) in [5.41, 5.74) is 10.1. The molecule has 89 heavy (non-hydrogen) atoms. The Balaban J connectivity index is 1.12. The number of aromatic nitrogens is 1. The zero-order valence-corrected chi connectivity index (χ0v) is 53.0. The Morgan fingerprint density at radius 2 is 1.15 bits per heavy atom. The molecule has 1 aliphatic carbocycles. The minimum atomic E-state index is -1.44. The summed E-state index contributed by atoms with van der Waals surface area (Å²) in [4.78, 5) is 155. The molecule has 3 aromatic carbocycles. The van der Waals surface area contributed by atoms with E-state index < -0.39 is 137 Å². The van der Waals surface area contributed by atoms with Gasteiger partial charge in [-0.3, -0.25) is 47.9 Å². The number of nitrogens with zero attached hydrogens (tertiary/aromatic N) is 1. The van der Waals surface area contributed by atoms with E-state index in [0.717, 1.165) is 33.2 Å². The van der Waals surface area contributed by atoms with Crippen LogP contribution in [0.1, 0.15) is 138 Å². The number of benzene rings is 3. The van der Waals surface area contributed by atoms with E-state index in [-0.39, 0.29) is 57.1 Å². The third-order valence-corrected chi connectivity index (χ3v) is 15.7. The van der Waals surface area contributed by atoms with Gasteiger partial charge in [0, 0.05) is 42.4 Å². The van der Waals surface area contributed by atoms with Crippen molar-refractivity contribution in [2.45, 2.75) is 188 Å². The number of alkyl carbamates (subject to hydrolysis) is 1. The first-order valence-corrected chi connectivity index (χ1v) is 30.5. The van der Waals surface area contributed by atoms with Crippen molar-refractivity contribution >= 4 is 76.1 Å². The number of carbonyl (C=O) groups excluding carboxylic acids is 11. The molecule has 2 heterocycles. The fourth-order valence-corrected chi connectivity index (χ4v) is 10.9. The van der Waals surface area contributed by atoms with Crippen molar-refractivity contribution in [1.29, 1.82) is 0 Å². The van der Waals surface area contributed by atoms with Gasteiger partial charge in [0.05, 0.1) is 0 Å². The van der Waals surface area contributed by atoms with Crippen LogP contribution in [0.5, 0.6) is 0 Å². The second-order valence-corrected chi connectivity index (χ2v) is 25.2. The van der Waals surface area contributed by atoms with Gasteiger partial charge in [-0.2, -0.15) is 0 Å². The van der Waals surface area contributed by atoms with Crippen molar-refractivity contribution < 1.29 is 62.2 Å². The fourth-order valence-electron chi connectivity index (χ4n) is 10.9. The number of nitrogens with two attached hydrogens (primary N) is 1. The smallest absolute Gasteiger partial charge is 0.407 e. The van der Waals surface area contributed by atoms with Crippen LogP contribution < -0.4 is 48.3 Å². The number of esters is 1. The fraction of sp³-hybridized carbons (Fsp3) is 0.523. The molecule has 1 aromatic heterocycles. The van der Waals surface area contributed by atoms with E-state index in [1.807, 2.05) is 72.8 Å². The van der Waals surface area contributed by atoms with Gasteiger partial charge in [0.25, 0.3) is 0 Å². The minimum absolute atomic E-state index is 0.0311. The number of likely N-dealkylation sites (tertiary alicyclic amines) is 1. The van der Waals surface area contributed by atoms with Gasteiger partial charge in [-0.1, -0.05) is 108 Å². The SMILES string of the molecule is CC(C)C[C@H](NC(=O)[C@@H](NC(=O)[C@H](C)NC(=O)[C@H](Cc1c[nH]c2ccccc12)NC(=O)[C@@H]1CCCN1C(=O)[C@H](C)NC(=O)OCC1c2ccccc2-c2ccccc21)C(C)C)C(=O)N[C@@H](CCC(=O)OC(C)(C)C)C(=O)N[C@H](C(=O)N[C@@H](C)C(N)=O)C(C)C. The van der Waals surface area contributed by atoms with Crippen LogP contribution in [0.25, 0.3) is 22.0 Å². The second kappa shape index (κ2) is 30.9. The molecule has 11 N–H and O–H groups in total. The van der Waals surface area contributed by atoms with Gasteiger partial charge in [0.1, 0.15) is 66.6 Å². The van der Waals surface area contributed by atoms with Crippen LogP contribution in [-0.2, 0) is 63.8 Å². The summed E-state index contributed by atoms with van der Waals surface area (Å²) in [6, 6.07) is 12.2. The zero-order valence-electron chi connectivity index (χ0n) is 53.0. The van der Waals surface area contributed by atoms with Crippen LogP contribution in [0.4, 0.5) is 4.79 Å². The average Bonchev–Trinajstić information content (AvgIpc) is 1.75. The Kier molecular flexibility index (Phi) is 24.0. The quantitative estimate of drug-likeness (QED) is 0.0360. The standard InChI is InChI=1S/C65H89N11O13/c1-34(2)30-49(59(82)71-48(27-28-52(77)89-65(10,11)12)57(80)75-53(35(3)4)61(84)68-37(7)55(66)78)73-62(85)54(36(5)6)74-56(79)38(8)69-58(81)50(31-40-32-67-47-25-18-17-20-41(40)47)72-60(83)51-26-19-29-76(51)63(86)39(9)70-64(87)88-33-46-44-23-15-13-21-42(44)43-22-14-16-24-45(43)46/h13-18,20-25,32,34-39,46,48-51,53-54,67H,19,26-31,33H2,1-12H3,(H2,66,78)(H,68,84)(H,69,81)(H,70,87)(H,71,82)(H,72,83)(H,73,85)(H,74,79)(H,75,80)/t37-,38-,39-,48-,49-,50-,51-,53-,54-/m0/s1. The molecule has 0 radical (unpaired) electrons. The number of hydrogen-bond donors (Lipinski definition) is 10. The molecule has 1 saturated heterocycles. The molecule has 0 bridgehead atoms. The second-order valence-electron chi connectivity index (χ2n) is 25.2. The number of amides is 10. The molecule has 2 aliphatic rings. The molecular weight excluding hydrogens is 1140 g/mol. The predicted molar refractivity (Wildman–Crippen MR) is 333 cm³/mol. The zero-order chi connectivity index (χ0) is 65.6. The minimum Gasteiger partial charge on any atom is -0.460 e. The lowest BCUT2D eigenvalue weighted by molar-refractivity contribution is -0.155. The molecule has 24 heteroatoms. The maximum absolute atomic E-state index is 14.5. The van der Waals surface area contributed by atoms with Gasteiger partial charge >= 0.3 is 12.1 Å². The molecule has 24 nitrogen and oxygen atoms in total. The van der Waals surface area contributed by atoms with E-state index in [0.29, 0.717) is 12.0 Å². The molecular formula is C65H89N11O13. The molecule has 9 atom stereocenters. The summed E-state index contributed by atoms with van der Waals surface area (Å²) in [6.07, 6.45) is 1.04. The van der Waals surface area contributed by atoms with Crippen LogP contribution in [0.15, 0.2) is 79.0 Å². The van der Waals surface area contributed by atoms with Gasteiger partial charge in [-0.05, 0) is 119 Å². The van der Waals surface area contributed by atoms with Crippen LogP contribution in [0, 0.1) is 17.8 Å². The van der Waals surface area contributed by atoms with Crippen LogP contribution in [0.3, 0.4) is 0 Å². The van der Waals surface area contributed by atoms with E-state index in [4.69, 9.17) is 15.2 Å². The van der Waals surface area contributed by atoms with Crippen LogP contribution in [0.2, 0.25) is 0 Å². The Morgan fingerprint density at radius 1 is 0.607 bits per heavy atom. The number of carbonyl (C=O) groups is 11. The molecule has 482 valence electrons. The number of aromatic amines is 1. The largest absolute Gasteiger partial charge is 0.460 e. The number of H-pyrrole nitrogens is 1. The van der Waals surface area contributed by atoms with Crippen LogP contribution in [-0.4, -0.2) is 148 Å². The maximum Gasteiger partial charge on any atom is 0.407 e. The van der Waals surface area contributed by atoms with E-state index in [9.17, 15) is 52.7 Å². The van der Waals surface area contributed by atoms with Crippen molar-refractivity contribution in [1.82, 2.24) is 52.4 Å². The molecule has 10 amide bonds. The Bertz CT molecular complexity index is 3200. The van der Waals surface area contributed by atoms with Crippen LogP contribution >= 0.6 is 0 Å². The number of primary amides is 1. The summed E-state index contributed by atoms with van der Waals surface area (Å²) >= 11 is 0. The first-order valence-electron chi connectivity index (χ1n) is 30.5. The van der Waals surface area contributed by atoms with E-state index in [1.54, 1.807) is 68.5 Å². The number of rotatable bonds is 28. The van der Waals surface area contributed by atoms with Crippen molar-refractivity contribution in [2.75, 3.05) is 13.2 Å². The lowest BCUT2D eigenvalue weighted by Crippen LogP contribution is -2.61. The first kappa shape index (κ1) is 69.3. The number of nitrogens with one attached hydrogen (secondary N) is 9. The van der Waals surface area contributed by atoms with E-state index in [2.05, 4.69) is 47.5 Å². The summed E-state index contributed by atoms with van der Waals surface area (Å²) in [5.74, 6) is -8.83. The molecule has 0 saturated carbocycles. The summed E-state index contributed by atoms with van der Waals surface area (Å²) < 4.78 is 11.2. The number of hydrogen-bond acceptors (Lipinski definition) is 13. The Morgan fingerprint density at radius 3 is 1.74 bits per heavy atom. The highest BCUT2D eigenvalue weighted by Gasteiger charge is 2.40. The van der Waals surface area contributed by atoms with Crippen molar-refractivity contribution in [2.24, 2.45) is 23.5 Å². The highest BCUT2D eigenvalue weighted by atomic mass is 16.6. The van der Waals surface area contributed by atoms with Gasteiger partial charge in [0.2, 0.25) is 53.2 Å². The lowest BCUT2D eigenvalue weighted by Gasteiger charge is -2.30. The van der Waals surface area contributed by atoms with Gasteiger partial charge in [-0.15, -0.1) is 0 Å². The molecule has 4 aromatic rings. The van der Waals surface area contributed by atoms with E-state index >= 15 is 0 Å². The van der Waals surface area contributed by atoms with Gasteiger partial charge in [-0.25, -0.2) is 4.79 Å². The molecule has 1 fully saturated rings. The highest BCUT2D eigenvalue weighted by molar-refractivity contribution is 5.99. The Hall–Kier alpha value is -8.83. The number of ether oxygens (including phenoxy) is 2. The number of para-hydroxylation sites is 1. The third-order valence-electron chi connectivity index (χ3n) is 15.7. The molecule has 6 rings (SSSR count). The third kappa shape index (κ3) is 18.8. The predicted octanol–water partition coefficient (Wildman–Crippen LogP) is 4.03. The van der Waals surface area contributed by atoms with Crippen molar-refractivity contribution in [3.8, 4) is 11.1 Å². The average molecular weight is 1230 g/mol. The van der Waals surface area contributed by atoms with Crippen molar-refractivity contribution in [3.05, 3.63) is 95.7 Å². The number of fused-ring (bicyclic) bond motifs is 4.